The number of rotatable bonds is 3. The first-order chi connectivity index (χ1) is 16.0. The van der Waals surface area contributed by atoms with Crippen molar-refractivity contribution in [3.05, 3.63) is 40.6 Å². The molecule has 1 aliphatic heterocycles. The monoisotopic (exact) mass is 453 g/mol. The molecule has 0 radical (unpaired) electrons. The zero-order valence-electron chi connectivity index (χ0n) is 18.8. The summed E-state index contributed by atoms with van der Waals surface area (Å²) in [4.78, 5) is 35.1. The van der Waals surface area contributed by atoms with Crippen molar-refractivity contribution in [2.45, 2.75) is 44.6 Å². The highest BCUT2D eigenvalue weighted by molar-refractivity contribution is 5.94. The van der Waals surface area contributed by atoms with Gasteiger partial charge in [0.2, 0.25) is 0 Å². The third-order valence-corrected chi connectivity index (χ3v) is 6.16. The van der Waals surface area contributed by atoms with Crippen LogP contribution in [0.1, 0.15) is 31.4 Å². The molecule has 174 valence electrons. The number of pyridine rings is 2. The summed E-state index contributed by atoms with van der Waals surface area (Å²) in [6.45, 7) is 2.49. The Morgan fingerprint density at radius 2 is 2.09 bits per heavy atom. The van der Waals surface area contributed by atoms with E-state index in [0.717, 1.165) is 18.4 Å². The summed E-state index contributed by atoms with van der Waals surface area (Å²) in [5.41, 5.74) is 2.74. The molecule has 33 heavy (non-hydrogen) atoms. The molecule has 0 spiro atoms. The highest BCUT2D eigenvalue weighted by Crippen LogP contribution is 2.34. The number of nitrogens with one attached hydrogen (secondary N) is 3. The van der Waals surface area contributed by atoms with Gasteiger partial charge in [-0.3, -0.25) is 4.79 Å². The van der Waals surface area contributed by atoms with Crippen molar-refractivity contribution in [2.75, 3.05) is 31.4 Å². The molecular formula is C22H27N7O4. The molecular weight excluding hydrogens is 426 g/mol. The lowest BCUT2D eigenvalue weighted by molar-refractivity contribution is 0.00498. The number of hydrogen-bond acceptors (Lipinski definition) is 8. The fraction of sp³-hybridized carbons (Fsp3) is 0.455. The van der Waals surface area contributed by atoms with E-state index in [1.807, 2.05) is 13.1 Å². The third kappa shape index (κ3) is 3.93. The maximum Gasteiger partial charge on any atom is 0.328 e. The normalized spacial score (nSPS) is 22.9. The first-order valence-corrected chi connectivity index (χ1v) is 11.0. The van der Waals surface area contributed by atoms with Gasteiger partial charge in [-0.2, -0.15) is 0 Å². The number of nitrogens with zero attached hydrogens (tertiary/aromatic N) is 4. The Kier molecular flexibility index (Phi) is 5.51. The van der Waals surface area contributed by atoms with Crippen LogP contribution >= 0.6 is 0 Å². The minimum Gasteiger partial charge on any atom is -0.386 e. The number of carbonyl (C=O) groups excluding carboxylic acids is 1. The second-order valence-electron chi connectivity index (χ2n) is 8.54. The predicted molar refractivity (Wildman–Crippen MR) is 123 cm³/mol. The molecule has 3 aromatic heterocycles. The van der Waals surface area contributed by atoms with E-state index in [1.54, 1.807) is 30.9 Å². The quantitative estimate of drug-likeness (QED) is 0.551. The zero-order chi connectivity index (χ0) is 23.1. The van der Waals surface area contributed by atoms with Crippen molar-refractivity contribution in [1.82, 2.24) is 24.4 Å². The lowest BCUT2D eigenvalue weighted by Crippen LogP contribution is -2.39. The molecule has 4 bridgehead atoms. The molecule has 4 heterocycles. The molecule has 3 N–H and O–H groups in total. The standard InChI is InChI=1S/C22H27N7O4/c1-12-9-33-10-13-4-17(21(30)28(8-13)14-5-15(6-14)32-3)26-18-7-16(23-2)19-20(27-18)29(11-24-19)22(31)25-12/h4,7-8,11-12,14-15H,5-6,9-10H2,1-3H3,(H,25,31)(H2,23,26,27)/t12-,14?,15?/m1/s1. The van der Waals surface area contributed by atoms with Gasteiger partial charge in [-0.15, -0.1) is 0 Å². The largest absolute Gasteiger partial charge is 0.386 e. The summed E-state index contributed by atoms with van der Waals surface area (Å²) in [6, 6.07) is 3.05. The molecule has 1 fully saturated rings. The van der Waals surface area contributed by atoms with Crippen LogP contribution in [0.2, 0.25) is 0 Å². The summed E-state index contributed by atoms with van der Waals surface area (Å²) in [6.07, 6.45) is 5.04. The van der Waals surface area contributed by atoms with Crippen LogP contribution in [-0.2, 0) is 16.1 Å². The average molecular weight is 454 g/mol. The van der Waals surface area contributed by atoms with Crippen molar-refractivity contribution in [3.63, 3.8) is 0 Å². The molecule has 2 aliphatic rings. The number of carbonyl (C=O) groups is 1. The minimum absolute atomic E-state index is 0.0739. The van der Waals surface area contributed by atoms with Gasteiger partial charge in [0.25, 0.3) is 5.56 Å². The fourth-order valence-corrected chi connectivity index (χ4v) is 4.26. The number of methoxy groups -OCH3 is 1. The summed E-state index contributed by atoms with van der Waals surface area (Å²) in [7, 11) is 3.46. The number of hydrogen-bond donors (Lipinski definition) is 3. The first kappa shape index (κ1) is 21.4. The van der Waals surface area contributed by atoms with E-state index in [1.165, 1.54) is 10.9 Å². The van der Waals surface area contributed by atoms with Crippen molar-refractivity contribution in [2.24, 2.45) is 0 Å². The Labute approximate surface area is 190 Å². The highest BCUT2D eigenvalue weighted by atomic mass is 16.5. The molecule has 0 aromatic carbocycles. The Morgan fingerprint density at radius 1 is 1.27 bits per heavy atom. The maximum absolute atomic E-state index is 13.3. The number of amides is 1. The van der Waals surface area contributed by atoms with Crippen molar-refractivity contribution in [3.8, 4) is 0 Å². The van der Waals surface area contributed by atoms with Crippen LogP contribution in [0.4, 0.5) is 22.0 Å². The van der Waals surface area contributed by atoms with E-state index >= 15 is 0 Å². The van der Waals surface area contributed by atoms with E-state index in [0.29, 0.717) is 41.6 Å². The van der Waals surface area contributed by atoms with Gasteiger partial charge in [0.1, 0.15) is 23.3 Å². The van der Waals surface area contributed by atoms with Crippen LogP contribution in [0.5, 0.6) is 0 Å². The Hall–Kier alpha value is -3.44. The third-order valence-electron chi connectivity index (χ3n) is 6.16. The number of fused-ring (bicyclic) bond motifs is 3. The Bertz CT molecular complexity index is 1260. The van der Waals surface area contributed by atoms with E-state index in [2.05, 4.69) is 25.9 Å². The van der Waals surface area contributed by atoms with Crippen LogP contribution in [0, 0.1) is 0 Å². The van der Waals surface area contributed by atoms with Gasteiger partial charge in [-0.05, 0) is 31.4 Å². The number of ether oxygens (including phenoxy) is 2. The maximum atomic E-state index is 13.3. The van der Waals surface area contributed by atoms with Gasteiger partial charge in [0.15, 0.2) is 5.65 Å². The lowest BCUT2D eigenvalue weighted by Gasteiger charge is -2.35. The fourth-order valence-electron chi connectivity index (χ4n) is 4.26. The van der Waals surface area contributed by atoms with Crippen molar-refractivity contribution < 1.29 is 14.3 Å². The molecule has 3 aromatic rings. The van der Waals surface area contributed by atoms with E-state index in [4.69, 9.17) is 9.47 Å². The average Bonchev–Trinajstić information content (AvgIpc) is 3.19. The summed E-state index contributed by atoms with van der Waals surface area (Å²) in [5.74, 6) is 0.427. The zero-order valence-corrected chi connectivity index (χ0v) is 18.8. The molecule has 0 saturated heterocycles. The molecule has 11 nitrogen and oxygen atoms in total. The van der Waals surface area contributed by atoms with E-state index in [-0.39, 0.29) is 29.8 Å². The van der Waals surface area contributed by atoms with Gasteiger partial charge in [0.05, 0.1) is 31.0 Å². The molecule has 1 amide bonds. The lowest BCUT2D eigenvalue weighted by atomic mass is 9.89. The van der Waals surface area contributed by atoms with Crippen molar-refractivity contribution in [1.29, 1.82) is 0 Å². The van der Waals surface area contributed by atoms with E-state index in [9.17, 15) is 9.59 Å². The molecule has 11 heteroatoms. The van der Waals surface area contributed by atoms with Gasteiger partial charge >= 0.3 is 6.03 Å². The summed E-state index contributed by atoms with van der Waals surface area (Å²) >= 11 is 0. The molecule has 5 rings (SSSR count). The Morgan fingerprint density at radius 3 is 2.85 bits per heavy atom. The summed E-state index contributed by atoms with van der Waals surface area (Å²) in [5, 5.41) is 9.17. The van der Waals surface area contributed by atoms with Gasteiger partial charge < -0.3 is 30.0 Å². The number of aromatic nitrogens is 4. The van der Waals surface area contributed by atoms with Crippen LogP contribution in [0.15, 0.2) is 29.5 Å². The van der Waals surface area contributed by atoms with Crippen LogP contribution in [0.25, 0.3) is 11.2 Å². The van der Waals surface area contributed by atoms with E-state index < -0.39 is 0 Å². The van der Waals surface area contributed by atoms with Gasteiger partial charge in [0, 0.05) is 32.5 Å². The second kappa shape index (κ2) is 8.49. The Balaban J connectivity index is 1.62. The van der Waals surface area contributed by atoms with Gasteiger partial charge in [-0.1, -0.05) is 0 Å². The van der Waals surface area contributed by atoms with Crippen LogP contribution in [0.3, 0.4) is 0 Å². The second-order valence-corrected chi connectivity index (χ2v) is 8.54. The number of imidazole rings is 1. The summed E-state index contributed by atoms with van der Waals surface area (Å²) < 4.78 is 14.4. The van der Waals surface area contributed by atoms with Crippen LogP contribution < -0.4 is 21.5 Å². The number of anilines is 3. The van der Waals surface area contributed by atoms with Crippen LogP contribution in [-0.4, -0.2) is 58.0 Å². The first-order valence-electron chi connectivity index (χ1n) is 11.0. The predicted octanol–water partition coefficient (Wildman–Crippen LogP) is 2.20. The molecule has 0 unspecified atom stereocenters. The molecule has 1 saturated carbocycles. The smallest absolute Gasteiger partial charge is 0.328 e. The minimum atomic E-state index is -0.351. The molecule has 1 aliphatic carbocycles. The SMILES string of the molecule is CNc1cc2nc3c1ncn3C(=O)N[C@H](C)COCc1cc(c(=O)n(C3CC(OC)C3)c1)N2. The molecule has 1 atom stereocenters. The van der Waals surface area contributed by atoms with Crippen molar-refractivity contribution >= 4 is 34.4 Å². The van der Waals surface area contributed by atoms with Gasteiger partial charge in [-0.25, -0.2) is 19.3 Å². The topological polar surface area (TPSA) is 124 Å². The highest BCUT2D eigenvalue weighted by Gasteiger charge is 2.31.